The van der Waals surface area contributed by atoms with E-state index in [4.69, 9.17) is 4.74 Å². The molecule has 0 saturated heterocycles. The van der Waals surface area contributed by atoms with Crippen LogP contribution in [0.5, 0.6) is 0 Å². The second-order valence-corrected chi connectivity index (χ2v) is 7.56. The van der Waals surface area contributed by atoms with Crippen LogP contribution in [-0.4, -0.2) is 53.8 Å². The highest BCUT2D eigenvalue weighted by molar-refractivity contribution is 7.17. The number of aromatic amines is 1. The lowest BCUT2D eigenvalue weighted by Gasteiger charge is -2.20. The molecule has 11 heteroatoms. The van der Waals surface area contributed by atoms with Crippen LogP contribution >= 0.6 is 11.3 Å². The number of amides is 2. The maximum atomic E-state index is 13.4. The molecule has 1 aliphatic carbocycles. The van der Waals surface area contributed by atoms with Crippen molar-refractivity contribution < 1.29 is 19.1 Å². The second kappa shape index (κ2) is 8.30. The average Bonchev–Trinajstić information content (AvgIpc) is 3.46. The number of H-pyrrole nitrogens is 1. The van der Waals surface area contributed by atoms with Gasteiger partial charge < -0.3 is 10.1 Å². The number of fused-ring (bicyclic) bond motifs is 3. The minimum atomic E-state index is -0.477. The predicted octanol–water partition coefficient (Wildman–Crippen LogP) is 2.63. The van der Waals surface area contributed by atoms with Crippen LogP contribution in [0.15, 0.2) is 30.3 Å². The number of ether oxygens (including phenoxy) is 1. The zero-order valence-corrected chi connectivity index (χ0v) is 17.8. The van der Waals surface area contributed by atoms with Gasteiger partial charge in [-0.15, -0.1) is 11.3 Å². The Morgan fingerprint density at radius 1 is 1.16 bits per heavy atom. The number of hydrazine groups is 2. The monoisotopic (exact) mass is 440 g/mol. The molecular weight excluding hydrogens is 420 g/mol. The van der Waals surface area contributed by atoms with E-state index in [9.17, 15) is 14.4 Å². The Bertz CT molecular complexity index is 1180. The summed E-state index contributed by atoms with van der Waals surface area (Å²) in [5.41, 5.74) is 8.20. The fourth-order valence-corrected chi connectivity index (χ4v) is 4.33. The molecule has 0 radical (unpaired) electrons. The van der Waals surface area contributed by atoms with E-state index < -0.39 is 12.0 Å². The number of thiophene rings is 1. The van der Waals surface area contributed by atoms with Crippen molar-refractivity contribution in [2.45, 2.75) is 6.92 Å². The van der Waals surface area contributed by atoms with E-state index in [0.29, 0.717) is 43.5 Å². The van der Waals surface area contributed by atoms with Gasteiger partial charge in [0.2, 0.25) is 0 Å². The summed E-state index contributed by atoms with van der Waals surface area (Å²) in [6.45, 7) is 2.03. The number of benzene rings is 1. The van der Waals surface area contributed by atoms with Crippen LogP contribution in [0.3, 0.4) is 0 Å². The zero-order valence-electron chi connectivity index (χ0n) is 17.0. The van der Waals surface area contributed by atoms with Gasteiger partial charge in [-0.1, -0.05) is 12.1 Å². The van der Waals surface area contributed by atoms with Crippen molar-refractivity contribution in [1.29, 1.82) is 0 Å². The molecule has 4 N–H and O–H groups in total. The van der Waals surface area contributed by atoms with Gasteiger partial charge >= 0.3 is 12.0 Å². The summed E-state index contributed by atoms with van der Waals surface area (Å²) in [5.74, 6) is -0.663. The number of ketones is 1. The minimum absolute atomic E-state index is 0.254. The van der Waals surface area contributed by atoms with Crippen LogP contribution < -0.4 is 16.2 Å². The molecule has 0 aliphatic heterocycles. The van der Waals surface area contributed by atoms with Crippen molar-refractivity contribution in [3.8, 4) is 21.8 Å². The van der Waals surface area contributed by atoms with Gasteiger partial charge in [-0.3, -0.25) is 9.89 Å². The standard InChI is InChI=1S/C20H20N6O4S/c1-4-30-19(28)13-9-8-12(31-13)17-15-16(24-25-17)10-6-5-7-11(14(10)18(15)27)23-20(29)26(21-2)22-3/h5-9,21-22H,4H2,1-3H3,(H,23,29)(H,24,25). The molecule has 1 aliphatic rings. The molecule has 0 unspecified atom stereocenters. The van der Waals surface area contributed by atoms with E-state index in [0.717, 1.165) is 5.12 Å². The Morgan fingerprint density at radius 2 is 1.94 bits per heavy atom. The Labute approximate surface area is 181 Å². The van der Waals surface area contributed by atoms with Gasteiger partial charge in [0, 0.05) is 19.7 Å². The highest BCUT2D eigenvalue weighted by atomic mass is 32.1. The van der Waals surface area contributed by atoms with E-state index in [1.807, 2.05) is 0 Å². The first-order chi connectivity index (χ1) is 15.0. The summed E-state index contributed by atoms with van der Waals surface area (Å²) >= 11 is 1.22. The van der Waals surface area contributed by atoms with Crippen LogP contribution in [0, 0.1) is 0 Å². The van der Waals surface area contributed by atoms with Crippen molar-refractivity contribution in [3.63, 3.8) is 0 Å². The molecule has 0 saturated carbocycles. The molecule has 0 spiro atoms. The van der Waals surface area contributed by atoms with Crippen molar-refractivity contribution >= 4 is 34.8 Å². The van der Waals surface area contributed by atoms with Crippen molar-refractivity contribution in [3.05, 3.63) is 46.3 Å². The molecule has 0 fully saturated rings. The van der Waals surface area contributed by atoms with Crippen LogP contribution in [-0.2, 0) is 4.74 Å². The first-order valence-corrected chi connectivity index (χ1v) is 10.3. The normalized spacial score (nSPS) is 11.8. The molecule has 2 aromatic heterocycles. The minimum Gasteiger partial charge on any atom is -0.462 e. The summed E-state index contributed by atoms with van der Waals surface area (Å²) in [6, 6.07) is 8.13. The van der Waals surface area contributed by atoms with Gasteiger partial charge in [0.15, 0.2) is 5.78 Å². The summed E-state index contributed by atoms with van der Waals surface area (Å²) in [5, 5.41) is 11.1. The van der Waals surface area contributed by atoms with E-state index in [1.165, 1.54) is 11.3 Å². The maximum Gasteiger partial charge on any atom is 0.351 e. The van der Waals surface area contributed by atoms with Gasteiger partial charge in [-0.2, -0.15) is 10.2 Å². The van der Waals surface area contributed by atoms with Gasteiger partial charge in [0.1, 0.15) is 10.6 Å². The third-order valence-electron chi connectivity index (χ3n) is 4.76. The Morgan fingerprint density at radius 3 is 2.65 bits per heavy atom. The van der Waals surface area contributed by atoms with Crippen LogP contribution in [0.2, 0.25) is 0 Å². The van der Waals surface area contributed by atoms with E-state index in [1.54, 1.807) is 51.4 Å². The Hall–Kier alpha value is -3.54. The zero-order chi connectivity index (χ0) is 22.1. The number of esters is 1. The van der Waals surface area contributed by atoms with Crippen molar-refractivity contribution in [1.82, 2.24) is 26.2 Å². The van der Waals surface area contributed by atoms with Gasteiger partial charge in [0.25, 0.3) is 0 Å². The summed E-state index contributed by atoms with van der Waals surface area (Å²) in [6.07, 6.45) is 0. The molecule has 2 heterocycles. The highest BCUT2D eigenvalue weighted by Crippen LogP contribution is 2.44. The third-order valence-corrected chi connectivity index (χ3v) is 5.84. The summed E-state index contributed by atoms with van der Waals surface area (Å²) in [7, 11) is 3.17. The lowest BCUT2D eigenvalue weighted by Crippen LogP contribution is -2.50. The number of nitrogens with one attached hydrogen (secondary N) is 4. The molecule has 2 amide bonds. The fraction of sp³-hybridized carbons (Fsp3) is 0.200. The predicted molar refractivity (Wildman–Crippen MR) is 116 cm³/mol. The molecule has 3 aromatic rings. The number of carbonyl (C=O) groups is 3. The lowest BCUT2D eigenvalue weighted by atomic mass is 10.1. The number of anilines is 1. The van der Waals surface area contributed by atoms with E-state index in [2.05, 4.69) is 26.4 Å². The van der Waals surface area contributed by atoms with Crippen molar-refractivity contribution in [2.24, 2.45) is 0 Å². The van der Waals surface area contributed by atoms with Crippen molar-refractivity contribution in [2.75, 3.05) is 26.0 Å². The van der Waals surface area contributed by atoms with E-state index in [-0.39, 0.29) is 12.4 Å². The Balaban J connectivity index is 1.69. The number of aromatic nitrogens is 2. The molecule has 1 aromatic carbocycles. The number of nitrogens with zero attached hydrogens (tertiary/aromatic N) is 2. The number of rotatable bonds is 6. The molecule has 160 valence electrons. The van der Waals surface area contributed by atoms with Crippen LogP contribution in [0.1, 0.15) is 32.5 Å². The first-order valence-electron chi connectivity index (χ1n) is 9.49. The lowest BCUT2D eigenvalue weighted by molar-refractivity contribution is 0.0532. The number of hydrogen-bond acceptors (Lipinski definition) is 8. The average molecular weight is 440 g/mol. The fourth-order valence-electron chi connectivity index (χ4n) is 3.43. The maximum absolute atomic E-state index is 13.4. The topological polar surface area (TPSA) is 128 Å². The van der Waals surface area contributed by atoms with Gasteiger partial charge in [0.05, 0.1) is 34.0 Å². The summed E-state index contributed by atoms with van der Waals surface area (Å²) in [4.78, 5) is 38.9. The van der Waals surface area contributed by atoms with Crippen LogP contribution in [0.25, 0.3) is 21.8 Å². The highest BCUT2D eigenvalue weighted by Gasteiger charge is 2.35. The van der Waals surface area contributed by atoms with Gasteiger partial charge in [-0.25, -0.2) is 20.4 Å². The molecule has 10 nitrogen and oxygen atoms in total. The quantitative estimate of drug-likeness (QED) is 0.268. The van der Waals surface area contributed by atoms with Crippen LogP contribution in [0.4, 0.5) is 10.5 Å². The molecule has 4 rings (SSSR count). The SMILES string of the molecule is CCOC(=O)c1ccc(-c2[nH]nc3c2C(=O)c2c(NC(=O)N(NC)NC)cccc2-3)s1. The smallest absolute Gasteiger partial charge is 0.351 e. The van der Waals surface area contributed by atoms with Gasteiger partial charge in [-0.05, 0) is 25.1 Å². The molecule has 31 heavy (non-hydrogen) atoms. The first kappa shape index (κ1) is 20.7. The summed E-state index contributed by atoms with van der Waals surface area (Å²) < 4.78 is 5.04. The molecule has 0 atom stereocenters. The number of carbonyl (C=O) groups excluding carboxylic acids is 3. The molecular formula is C20H20N6O4S. The van der Waals surface area contributed by atoms with E-state index >= 15 is 0 Å². The number of urea groups is 1. The Kier molecular flexibility index (Phi) is 5.55. The second-order valence-electron chi connectivity index (χ2n) is 6.48. The molecule has 0 bridgehead atoms. The number of hydrogen-bond donors (Lipinski definition) is 4. The largest absolute Gasteiger partial charge is 0.462 e. The third kappa shape index (κ3) is 3.48.